The Morgan fingerprint density at radius 3 is 3.17 bits per heavy atom. The highest BCUT2D eigenvalue weighted by molar-refractivity contribution is 5.80. The minimum atomic E-state index is -0.226. The van der Waals surface area contributed by atoms with E-state index in [0.717, 1.165) is 31.5 Å². The summed E-state index contributed by atoms with van der Waals surface area (Å²) in [5, 5.41) is 6.13. The van der Waals surface area contributed by atoms with E-state index in [1.54, 1.807) is 12.4 Å². The van der Waals surface area contributed by atoms with Gasteiger partial charge in [-0.2, -0.15) is 0 Å². The number of pyridine rings is 1. The molecule has 1 aliphatic rings. The molecule has 2 N–H and O–H groups in total. The van der Waals surface area contributed by atoms with Gasteiger partial charge in [0.05, 0.1) is 5.69 Å². The summed E-state index contributed by atoms with van der Waals surface area (Å²) in [5.41, 5.74) is 1.00. The van der Waals surface area contributed by atoms with Crippen molar-refractivity contribution in [3.05, 3.63) is 24.5 Å². The molecule has 98 valence electrons. The van der Waals surface area contributed by atoms with Gasteiger partial charge in [-0.3, -0.25) is 9.78 Å². The number of carbonyl (C=O) groups is 1. The van der Waals surface area contributed by atoms with Gasteiger partial charge in [0, 0.05) is 32.1 Å². The van der Waals surface area contributed by atoms with Crippen molar-refractivity contribution in [3.63, 3.8) is 0 Å². The van der Waals surface area contributed by atoms with Crippen LogP contribution >= 0.6 is 0 Å². The molecule has 1 unspecified atom stereocenters. The third kappa shape index (κ3) is 4.00. The number of hydrogen-bond acceptors (Lipinski definition) is 4. The van der Waals surface area contributed by atoms with Gasteiger partial charge in [-0.1, -0.05) is 0 Å². The molecule has 1 amide bonds. The first-order chi connectivity index (χ1) is 8.86. The first kappa shape index (κ1) is 12.8. The Balaban J connectivity index is 1.54. The molecule has 1 saturated heterocycles. The largest absolute Gasteiger partial charge is 0.384 e. The second kappa shape index (κ2) is 6.96. The molecule has 2 rings (SSSR count). The molecular weight excluding hydrogens is 230 g/mol. The molecule has 0 aliphatic carbocycles. The predicted molar refractivity (Wildman–Crippen MR) is 69.3 cm³/mol. The number of nitrogens with one attached hydrogen (secondary N) is 2. The summed E-state index contributed by atoms with van der Waals surface area (Å²) < 4.78 is 5.31. The zero-order valence-electron chi connectivity index (χ0n) is 10.4. The van der Waals surface area contributed by atoms with E-state index in [4.69, 9.17) is 4.74 Å². The third-order valence-corrected chi connectivity index (χ3v) is 2.87. The monoisotopic (exact) mass is 249 g/mol. The maximum atomic E-state index is 11.6. The van der Waals surface area contributed by atoms with Crippen LogP contribution in [-0.4, -0.2) is 36.7 Å². The summed E-state index contributed by atoms with van der Waals surface area (Å²) in [4.78, 5) is 15.6. The van der Waals surface area contributed by atoms with Crippen LogP contribution in [0.3, 0.4) is 0 Å². The molecule has 0 spiro atoms. The lowest BCUT2D eigenvalue weighted by atomic mass is 10.2. The Hall–Kier alpha value is -1.62. The van der Waals surface area contributed by atoms with Gasteiger partial charge in [-0.05, 0) is 31.4 Å². The number of carbonyl (C=O) groups excluding carboxylic acids is 1. The average Bonchev–Trinajstić information content (AvgIpc) is 2.93. The second-order valence-electron chi connectivity index (χ2n) is 4.31. The van der Waals surface area contributed by atoms with E-state index in [1.807, 2.05) is 12.1 Å². The lowest BCUT2D eigenvalue weighted by Crippen LogP contribution is -2.35. The zero-order chi connectivity index (χ0) is 12.6. The molecule has 1 fully saturated rings. The summed E-state index contributed by atoms with van der Waals surface area (Å²) in [7, 11) is 0. The normalized spacial score (nSPS) is 18.6. The summed E-state index contributed by atoms with van der Waals surface area (Å²) in [5.74, 6) is 0.0221. The van der Waals surface area contributed by atoms with Crippen molar-refractivity contribution < 1.29 is 9.53 Å². The third-order valence-electron chi connectivity index (χ3n) is 2.87. The average molecular weight is 249 g/mol. The Bertz CT molecular complexity index is 364. The van der Waals surface area contributed by atoms with Crippen LogP contribution in [0.1, 0.15) is 19.3 Å². The number of hydrogen-bond donors (Lipinski definition) is 2. The number of nitrogens with zero attached hydrogens (tertiary/aromatic N) is 1. The molecular formula is C13H19N3O2. The highest BCUT2D eigenvalue weighted by Crippen LogP contribution is 2.11. The molecule has 0 radical (unpaired) electrons. The van der Waals surface area contributed by atoms with Crippen molar-refractivity contribution in [1.82, 2.24) is 10.3 Å². The van der Waals surface area contributed by atoms with Gasteiger partial charge < -0.3 is 15.4 Å². The first-order valence-electron chi connectivity index (χ1n) is 6.39. The van der Waals surface area contributed by atoms with Crippen LogP contribution in [-0.2, 0) is 9.53 Å². The van der Waals surface area contributed by atoms with Gasteiger partial charge in [0.2, 0.25) is 5.91 Å². The topological polar surface area (TPSA) is 63.2 Å². The number of rotatable bonds is 6. The summed E-state index contributed by atoms with van der Waals surface area (Å²) >= 11 is 0. The SMILES string of the molecule is O=C(NCCCNc1cccnc1)C1CCCO1. The van der Waals surface area contributed by atoms with Gasteiger partial charge in [0.25, 0.3) is 0 Å². The van der Waals surface area contributed by atoms with Crippen molar-refractivity contribution in [3.8, 4) is 0 Å². The molecule has 1 aromatic rings. The second-order valence-corrected chi connectivity index (χ2v) is 4.31. The standard InChI is InChI=1S/C13H19N3O2/c17-13(12-5-2-9-18-12)16-8-3-7-15-11-4-1-6-14-10-11/h1,4,6,10,12,15H,2-3,5,7-9H2,(H,16,17). The van der Waals surface area contributed by atoms with E-state index in [1.165, 1.54) is 0 Å². The van der Waals surface area contributed by atoms with Gasteiger partial charge >= 0.3 is 0 Å². The highest BCUT2D eigenvalue weighted by Gasteiger charge is 2.22. The van der Waals surface area contributed by atoms with Gasteiger partial charge in [-0.25, -0.2) is 0 Å². The first-order valence-corrected chi connectivity index (χ1v) is 6.39. The van der Waals surface area contributed by atoms with Gasteiger partial charge in [0.15, 0.2) is 0 Å². The highest BCUT2D eigenvalue weighted by atomic mass is 16.5. The molecule has 18 heavy (non-hydrogen) atoms. The zero-order valence-corrected chi connectivity index (χ0v) is 10.4. The maximum absolute atomic E-state index is 11.6. The molecule has 2 heterocycles. The van der Waals surface area contributed by atoms with Crippen molar-refractivity contribution in [2.75, 3.05) is 25.0 Å². The quantitative estimate of drug-likeness (QED) is 0.743. The summed E-state index contributed by atoms with van der Waals surface area (Å²) in [6.45, 7) is 2.20. The molecule has 5 nitrogen and oxygen atoms in total. The van der Waals surface area contributed by atoms with Crippen LogP contribution in [0.15, 0.2) is 24.5 Å². The number of amides is 1. The number of aromatic nitrogens is 1. The number of ether oxygens (including phenoxy) is 1. The summed E-state index contributed by atoms with van der Waals surface area (Å²) in [6.07, 6.45) is 6.02. The molecule has 0 saturated carbocycles. The van der Waals surface area contributed by atoms with Crippen LogP contribution in [0, 0.1) is 0 Å². The van der Waals surface area contributed by atoms with Crippen LogP contribution in [0.2, 0.25) is 0 Å². The van der Waals surface area contributed by atoms with Crippen molar-refractivity contribution in [2.24, 2.45) is 0 Å². The van der Waals surface area contributed by atoms with E-state index < -0.39 is 0 Å². The minimum absolute atomic E-state index is 0.0221. The maximum Gasteiger partial charge on any atom is 0.249 e. The fourth-order valence-corrected chi connectivity index (χ4v) is 1.90. The fraction of sp³-hybridized carbons (Fsp3) is 0.538. The van der Waals surface area contributed by atoms with Crippen LogP contribution in [0.5, 0.6) is 0 Å². The molecule has 0 bridgehead atoms. The van der Waals surface area contributed by atoms with E-state index in [2.05, 4.69) is 15.6 Å². The number of anilines is 1. The molecule has 1 atom stereocenters. The molecule has 1 aromatic heterocycles. The molecule has 0 aromatic carbocycles. The Kier molecular flexibility index (Phi) is 4.96. The van der Waals surface area contributed by atoms with Gasteiger partial charge in [0.1, 0.15) is 6.10 Å². The van der Waals surface area contributed by atoms with Crippen molar-refractivity contribution in [2.45, 2.75) is 25.4 Å². The van der Waals surface area contributed by atoms with Crippen molar-refractivity contribution >= 4 is 11.6 Å². The van der Waals surface area contributed by atoms with Crippen LogP contribution < -0.4 is 10.6 Å². The lowest BCUT2D eigenvalue weighted by Gasteiger charge is -2.10. The molecule has 5 heteroatoms. The molecule has 1 aliphatic heterocycles. The Morgan fingerprint density at radius 1 is 1.50 bits per heavy atom. The minimum Gasteiger partial charge on any atom is -0.384 e. The van der Waals surface area contributed by atoms with Crippen LogP contribution in [0.4, 0.5) is 5.69 Å². The van der Waals surface area contributed by atoms with Crippen LogP contribution in [0.25, 0.3) is 0 Å². The van der Waals surface area contributed by atoms with Crippen molar-refractivity contribution in [1.29, 1.82) is 0 Å². The lowest BCUT2D eigenvalue weighted by molar-refractivity contribution is -0.130. The van der Waals surface area contributed by atoms with E-state index in [9.17, 15) is 4.79 Å². The predicted octanol–water partition coefficient (Wildman–Crippen LogP) is 1.18. The van der Waals surface area contributed by atoms with Gasteiger partial charge in [-0.15, -0.1) is 0 Å². The summed E-state index contributed by atoms with van der Waals surface area (Å²) in [6, 6.07) is 3.86. The van der Waals surface area contributed by atoms with E-state index >= 15 is 0 Å². The Morgan fingerprint density at radius 2 is 2.44 bits per heavy atom. The van der Waals surface area contributed by atoms with E-state index in [0.29, 0.717) is 13.2 Å². The Labute approximate surface area is 107 Å². The van der Waals surface area contributed by atoms with E-state index in [-0.39, 0.29) is 12.0 Å². The fourth-order valence-electron chi connectivity index (χ4n) is 1.90. The smallest absolute Gasteiger partial charge is 0.249 e.